The quantitative estimate of drug-likeness (QED) is 0.730. The van der Waals surface area contributed by atoms with E-state index in [1.807, 2.05) is 0 Å². The van der Waals surface area contributed by atoms with E-state index in [1.54, 1.807) is 6.92 Å². The van der Waals surface area contributed by atoms with Crippen molar-refractivity contribution in [3.63, 3.8) is 0 Å². The van der Waals surface area contributed by atoms with Crippen molar-refractivity contribution in [2.45, 2.75) is 38.6 Å². The monoisotopic (exact) mass is 214 g/mol. The standard InChI is InChI=1S/C11H22N2O2/c1-3-9-4-6-13(7-5-9)8-11(2,12)10(14)15/h9H,3-8,12H2,1-2H3,(H,14,15). The van der Waals surface area contributed by atoms with Crippen LogP contribution in [0.25, 0.3) is 0 Å². The second kappa shape index (κ2) is 4.94. The first-order valence-electron chi connectivity index (χ1n) is 5.70. The van der Waals surface area contributed by atoms with Gasteiger partial charge in [-0.1, -0.05) is 13.3 Å². The third-order valence-electron chi connectivity index (χ3n) is 3.33. The molecule has 1 fully saturated rings. The Morgan fingerprint density at radius 2 is 2.07 bits per heavy atom. The normalized spacial score (nSPS) is 23.7. The molecule has 88 valence electrons. The van der Waals surface area contributed by atoms with E-state index in [-0.39, 0.29) is 0 Å². The van der Waals surface area contributed by atoms with E-state index in [2.05, 4.69) is 11.8 Å². The molecule has 0 bridgehead atoms. The minimum atomic E-state index is -1.11. The summed E-state index contributed by atoms with van der Waals surface area (Å²) in [7, 11) is 0. The van der Waals surface area contributed by atoms with Crippen molar-refractivity contribution in [3.8, 4) is 0 Å². The molecular formula is C11H22N2O2. The lowest BCUT2D eigenvalue weighted by molar-refractivity contribution is -0.143. The molecule has 0 amide bonds. The highest BCUT2D eigenvalue weighted by atomic mass is 16.4. The SMILES string of the molecule is CCC1CCN(CC(C)(N)C(=O)O)CC1. The number of likely N-dealkylation sites (tertiary alicyclic amines) is 1. The number of carboxylic acid groups (broad SMARTS) is 1. The van der Waals surface area contributed by atoms with Crippen LogP contribution in [0.4, 0.5) is 0 Å². The van der Waals surface area contributed by atoms with Gasteiger partial charge in [0.15, 0.2) is 0 Å². The molecule has 0 aliphatic carbocycles. The first-order valence-corrected chi connectivity index (χ1v) is 5.70. The first-order chi connectivity index (χ1) is 6.95. The van der Waals surface area contributed by atoms with E-state index in [0.29, 0.717) is 6.54 Å². The summed E-state index contributed by atoms with van der Waals surface area (Å²) < 4.78 is 0. The number of hydrogen-bond acceptors (Lipinski definition) is 3. The zero-order valence-corrected chi connectivity index (χ0v) is 9.70. The van der Waals surface area contributed by atoms with E-state index < -0.39 is 11.5 Å². The number of piperidine rings is 1. The Morgan fingerprint density at radius 1 is 1.53 bits per heavy atom. The topological polar surface area (TPSA) is 66.6 Å². The lowest BCUT2D eigenvalue weighted by Crippen LogP contribution is -2.55. The average molecular weight is 214 g/mol. The lowest BCUT2D eigenvalue weighted by atomic mass is 9.93. The number of carboxylic acids is 1. The maximum atomic E-state index is 10.9. The van der Waals surface area contributed by atoms with Gasteiger partial charge >= 0.3 is 5.97 Å². The lowest BCUT2D eigenvalue weighted by Gasteiger charge is -2.35. The molecule has 4 nitrogen and oxygen atoms in total. The predicted octanol–water partition coefficient (Wildman–Crippen LogP) is 0.910. The van der Waals surface area contributed by atoms with Crippen molar-refractivity contribution >= 4 is 5.97 Å². The molecule has 0 aromatic heterocycles. The van der Waals surface area contributed by atoms with Crippen LogP contribution in [0.3, 0.4) is 0 Å². The molecule has 1 unspecified atom stereocenters. The van der Waals surface area contributed by atoms with Crippen molar-refractivity contribution in [1.29, 1.82) is 0 Å². The largest absolute Gasteiger partial charge is 0.480 e. The Bertz CT molecular complexity index is 221. The van der Waals surface area contributed by atoms with Crippen LogP contribution in [0.2, 0.25) is 0 Å². The van der Waals surface area contributed by atoms with Crippen LogP contribution >= 0.6 is 0 Å². The van der Waals surface area contributed by atoms with Gasteiger partial charge in [-0.25, -0.2) is 0 Å². The van der Waals surface area contributed by atoms with Crippen molar-refractivity contribution in [3.05, 3.63) is 0 Å². The van der Waals surface area contributed by atoms with E-state index in [4.69, 9.17) is 10.8 Å². The van der Waals surface area contributed by atoms with Crippen LogP contribution in [0.5, 0.6) is 0 Å². The van der Waals surface area contributed by atoms with Gasteiger partial charge in [0, 0.05) is 6.54 Å². The molecule has 1 heterocycles. The minimum Gasteiger partial charge on any atom is -0.480 e. The van der Waals surface area contributed by atoms with Crippen LogP contribution in [0, 0.1) is 5.92 Å². The van der Waals surface area contributed by atoms with Gasteiger partial charge in [-0.05, 0) is 38.8 Å². The Kier molecular flexibility index (Phi) is 4.11. The smallest absolute Gasteiger partial charge is 0.324 e. The third kappa shape index (κ3) is 3.47. The molecule has 1 atom stereocenters. The Hall–Kier alpha value is -0.610. The molecule has 15 heavy (non-hydrogen) atoms. The number of nitrogens with two attached hydrogens (primary N) is 1. The zero-order chi connectivity index (χ0) is 11.5. The summed E-state index contributed by atoms with van der Waals surface area (Å²) in [6, 6.07) is 0. The number of rotatable bonds is 4. The van der Waals surface area contributed by atoms with E-state index in [1.165, 1.54) is 19.3 Å². The number of aliphatic carboxylic acids is 1. The predicted molar refractivity (Wildman–Crippen MR) is 59.7 cm³/mol. The fourth-order valence-electron chi connectivity index (χ4n) is 2.08. The molecule has 0 aromatic carbocycles. The number of nitrogens with zero attached hydrogens (tertiary/aromatic N) is 1. The van der Waals surface area contributed by atoms with Gasteiger partial charge in [-0.15, -0.1) is 0 Å². The summed E-state index contributed by atoms with van der Waals surface area (Å²) in [5, 5.41) is 8.92. The van der Waals surface area contributed by atoms with Gasteiger partial charge in [0.05, 0.1) is 0 Å². The summed E-state index contributed by atoms with van der Waals surface area (Å²) in [4.78, 5) is 13.0. The Morgan fingerprint density at radius 3 is 2.47 bits per heavy atom. The van der Waals surface area contributed by atoms with Crippen molar-refractivity contribution in [1.82, 2.24) is 4.90 Å². The van der Waals surface area contributed by atoms with Crippen molar-refractivity contribution in [2.75, 3.05) is 19.6 Å². The molecule has 0 aromatic rings. The third-order valence-corrected chi connectivity index (χ3v) is 3.33. The van der Waals surface area contributed by atoms with Crippen molar-refractivity contribution < 1.29 is 9.90 Å². The molecule has 0 radical (unpaired) electrons. The maximum absolute atomic E-state index is 10.9. The van der Waals surface area contributed by atoms with Crippen LogP contribution in [-0.4, -0.2) is 41.1 Å². The van der Waals surface area contributed by atoms with E-state index >= 15 is 0 Å². The van der Waals surface area contributed by atoms with E-state index in [9.17, 15) is 4.79 Å². The van der Waals surface area contributed by atoms with Gasteiger partial charge in [0.1, 0.15) is 5.54 Å². The second-order valence-corrected chi connectivity index (χ2v) is 4.85. The summed E-state index contributed by atoms with van der Waals surface area (Å²) >= 11 is 0. The summed E-state index contributed by atoms with van der Waals surface area (Å²) in [6.45, 7) is 6.22. The Balaban J connectivity index is 2.38. The van der Waals surface area contributed by atoms with Gasteiger partial charge in [0.2, 0.25) is 0 Å². The fraction of sp³-hybridized carbons (Fsp3) is 0.909. The molecule has 0 saturated carbocycles. The van der Waals surface area contributed by atoms with Gasteiger partial charge in [-0.3, -0.25) is 4.79 Å². The average Bonchev–Trinajstić information content (AvgIpc) is 2.18. The van der Waals surface area contributed by atoms with Crippen LogP contribution in [0.1, 0.15) is 33.1 Å². The minimum absolute atomic E-state index is 0.457. The van der Waals surface area contributed by atoms with Crippen LogP contribution < -0.4 is 5.73 Å². The number of hydrogen-bond donors (Lipinski definition) is 2. The van der Waals surface area contributed by atoms with Crippen molar-refractivity contribution in [2.24, 2.45) is 11.7 Å². The second-order valence-electron chi connectivity index (χ2n) is 4.85. The van der Waals surface area contributed by atoms with Gasteiger partial charge in [0.25, 0.3) is 0 Å². The van der Waals surface area contributed by atoms with E-state index in [0.717, 1.165) is 19.0 Å². The molecular weight excluding hydrogens is 192 g/mol. The molecule has 1 aliphatic rings. The summed E-state index contributed by atoms with van der Waals surface area (Å²) in [5.41, 5.74) is 4.60. The highest BCUT2D eigenvalue weighted by Gasteiger charge is 2.31. The van der Waals surface area contributed by atoms with Crippen LogP contribution in [0.15, 0.2) is 0 Å². The molecule has 1 rings (SSSR count). The molecule has 3 N–H and O–H groups in total. The molecule has 0 spiro atoms. The maximum Gasteiger partial charge on any atom is 0.324 e. The van der Waals surface area contributed by atoms with Gasteiger partial charge < -0.3 is 15.7 Å². The van der Waals surface area contributed by atoms with Gasteiger partial charge in [-0.2, -0.15) is 0 Å². The Labute approximate surface area is 91.4 Å². The first kappa shape index (κ1) is 12.5. The number of carbonyl (C=O) groups is 1. The highest BCUT2D eigenvalue weighted by molar-refractivity contribution is 5.78. The zero-order valence-electron chi connectivity index (χ0n) is 9.70. The summed E-state index contributed by atoms with van der Waals surface area (Å²) in [6.07, 6.45) is 3.57. The molecule has 1 saturated heterocycles. The van der Waals surface area contributed by atoms with Crippen LogP contribution in [-0.2, 0) is 4.79 Å². The fourth-order valence-corrected chi connectivity index (χ4v) is 2.08. The highest BCUT2D eigenvalue weighted by Crippen LogP contribution is 2.20. The molecule has 4 heteroatoms. The summed E-state index contributed by atoms with van der Waals surface area (Å²) in [5.74, 6) is -0.102. The molecule has 1 aliphatic heterocycles.